The van der Waals surface area contributed by atoms with E-state index in [2.05, 4.69) is 12.2 Å². The van der Waals surface area contributed by atoms with E-state index in [9.17, 15) is 0 Å². The summed E-state index contributed by atoms with van der Waals surface area (Å²) < 4.78 is 16.5. The number of nitrogens with one attached hydrogen (secondary N) is 1. The molecule has 5 nitrogen and oxygen atoms in total. The molecule has 0 spiro atoms. The average molecular weight is 267 g/mol. The second-order valence-electron chi connectivity index (χ2n) is 4.69. The van der Waals surface area contributed by atoms with Gasteiger partial charge in [0.2, 0.25) is 6.79 Å². The lowest BCUT2D eigenvalue weighted by Crippen LogP contribution is -2.16. The molecule has 2 N–H and O–H groups in total. The highest BCUT2D eigenvalue weighted by molar-refractivity contribution is 5.51. The normalized spacial score (nSPS) is 14.5. The fraction of sp³-hybridized carbons (Fsp3) is 0.571. The fourth-order valence-electron chi connectivity index (χ4n) is 1.78. The molecule has 0 bridgehead atoms. The Morgan fingerprint density at radius 3 is 2.79 bits per heavy atom. The number of rotatable bonds is 7. The molecule has 0 aromatic heterocycles. The summed E-state index contributed by atoms with van der Waals surface area (Å²) in [5.74, 6) is 2.37. The Kier molecular flexibility index (Phi) is 4.87. The summed E-state index contributed by atoms with van der Waals surface area (Å²) >= 11 is 0. The monoisotopic (exact) mass is 267 g/mol. The van der Waals surface area contributed by atoms with E-state index in [1.165, 1.54) is 0 Å². The van der Waals surface area contributed by atoms with Crippen molar-refractivity contribution in [1.29, 1.82) is 0 Å². The first-order valence-electron chi connectivity index (χ1n) is 6.61. The predicted octanol–water partition coefficient (Wildman–Crippen LogP) is 1.53. The molecule has 1 aliphatic heterocycles. The maximum absolute atomic E-state index is 9.04. The first kappa shape index (κ1) is 14.0. The maximum atomic E-state index is 9.04. The van der Waals surface area contributed by atoms with Crippen LogP contribution in [-0.4, -0.2) is 31.7 Å². The van der Waals surface area contributed by atoms with Crippen molar-refractivity contribution in [2.75, 3.05) is 26.6 Å². The quantitative estimate of drug-likeness (QED) is 0.784. The standard InChI is InChI=1S/C14H21NO4/c1-3-15-6-11-4-13-14(19-9-18-13)5-12(11)17-8-10(2)7-16/h4-5,10,15-16H,3,6-9H2,1-2H3. The van der Waals surface area contributed by atoms with Crippen molar-refractivity contribution in [2.45, 2.75) is 20.4 Å². The molecule has 0 amide bonds. The van der Waals surface area contributed by atoms with Crippen LogP contribution in [-0.2, 0) is 6.54 Å². The predicted molar refractivity (Wildman–Crippen MR) is 71.7 cm³/mol. The van der Waals surface area contributed by atoms with Gasteiger partial charge < -0.3 is 24.6 Å². The van der Waals surface area contributed by atoms with Crippen LogP contribution in [0.15, 0.2) is 12.1 Å². The Bertz CT molecular complexity index is 422. The van der Waals surface area contributed by atoms with Gasteiger partial charge in [0.25, 0.3) is 0 Å². The van der Waals surface area contributed by atoms with Gasteiger partial charge in [-0.05, 0) is 12.6 Å². The lowest BCUT2D eigenvalue weighted by Gasteiger charge is -2.15. The third-order valence-electron chi connectivity index (χ3n) is 2.96. The van der Waals surface area contributed by atoms with Gasteiger partial charge in [0.1, 0.15) is 5.75 Å². The Morgan fingerprint density at radius 2 is 2.11 bits per heavy atom. The first-order valence-corrected chi connectivity index (χ1v) is 6.61. The number of aliphatic hydroxyl groups is 1. The zero-order chi connectivity index (χ0) is 13.7. The summed E-state index contributed by atoms with van der Waals surface area (Å²) in [7, 11) is 0. The summed E-state index contributed by atoms with van der Waals surface area (Å²) in [6.45, 7) is 6.46. The number of fused-ring (bicyclic) bond motifs is 1. The second kappa shape index (κ2) is 6.63. The van der Waals surface area contributed by atoms with E-state index >= 15 is 0 Å². The van der Waals surface area contributed by atoms with Gasteiger partial charge in [-0.25, -0.2) is 0 Å². The minimum absolute atomic E-state index is 0.109. The number of benzene rings is 1. The van der Waals surface area contributed by atoms with Crippen molar-refractivity contribution in [2.24, 2.45) is 5.92 Å². The Morgan fingerprint density at radius 1 is 1.37 bits per heavy atom. The van der Waals surface area contributed by atoms with Crippen LogP contribution < -0.4 is 19.5 Å². The number of hydrogen-bond acceptors (Lipinski definition) is 5. The molecular formula is C14H21NO4. The third-order valence-corrected chi connectivity index (χ3v) is 2.96. The van der Waals surface area contributed by atoms with Crippen LogP contribution in [0.1, 0.15) is 19.4 Å². The highest BCUT2D eigenvalue weighted by atomic mass is 16.7. The molecule has 1 heterocycles. The van der Waals surface area contributed by atoms with Crippen molar-refractivity contribution >= 4 is 0 Å². The molecule has 1 unspecified atom stereocenters. The van der Waals surface area contributed by atoms with Gasteiger partial charge >= 0.3 is 0 Å². The molecule has 1 atom stereocenters. The van der Waals surface area contributed by atoms with Crippen LogP contribution in [0.3, 0.4) is 0 Å². The van der Waals surface area contributed by atoms with Crippen LogP contribution >= 0.6 is 0 Å². The smallest absolute Gasteiger partial charge is 0.231 e. The SMILES string of the molecule is CCNCc1cc2c(cc1OCC(C)CO)OCO2. The van der Waals surface area contributed by atoms with Crippen molar-refractivity contribution in [3.63, 3.8) is 0 Å². The zero-order valence-corrected chi connectivity index (χ0v) is 11.4. The van der Waals surface area contributed by atoms with Crippen molar-refractivity contribution in [1.82, 2.24) is 5.32 Å². The lowest BCUT2D eigenvalue weighted by atomic mass is 10.1. The van der Waals surface area contributed by atoms with Gasteiger partial charge in [0.15, 0.2) is 11.5 Å². The first-order chi connectivity index (χ1) is 9.24. The zero-order valence-electron chi connectivity index (χ0n) is 11.4. The Hall–Kier alpha value is -1.46. The molecule has 0 aliphatic carbocycles. The Labute approximate surface area is 113 Å². The lowest BCUT2D eigenvalue weighted by molar-refractivity contribution is 0.171. The molecule has 1 aromatic carbocycles. The second-order valence-corrected chi connectivity index (χ2v) is 4.69. The summed E-state index contributed by atoms with van der Waals surface area (Å²) in [5, 5.41) is 12.3. The summed E-state index contributed by atoms with van der Waals surface area (Å²) in [6.07, 6.45) is 0. The van der Waals surface area contributed by atoms with E-state index in [1.54, 1.807) is 0 Å². The topological polar surface area (TPSA) is 60.0 Å². The van der Waals surface area contributed by atoms with Crippen molar-refractivity contribution in [3.05, 3.63) is 17.7 Å². The molecule has 0 fully saturated rings. The Balaban J connectivity index is 2.13. The average Bonchev–Trinajstić information content (AvgIpc) is 2.88. The van der Waals surface area contributed by atoms with Crippen LogP contribution in [0.4, 0.5) is 0 Å². The highest BCUT2D eigenvalue weighted by Crippen LogP contribution is 2.38. The number of ether oxygens (including phenoxy) is 3. The molecule has 2 rings (SSSR count). The number of aliphatic hydroxyl groups excluding tert-OH is 1. The third kappa shape index (κ3) is 3.52. The molecule has 19 heavy (non-hydrogen) atoms. The fourth-order valence-corrected chi connectivity index (χ4v) is 1.78. The number of hydrogen-bond donors (Lipinski definition) is 2. The van der Waals surface area contributed by atoms with Crippen molar-refractivity contribution in [3.8, 4) is 17.2 Å². The highest BCUT2D eigenvalue weighted by Gasteiger charge is 2.18. The van der Waals surface area contributed by atoms with Gasteiger partial charge in [-0.3, -0.25) is 0 Å². The van der Waals surface area contributed by atoms with Crippen LogP contribution in [0.25, 0.3) is 0 Å². The van der Waals surface area contributed by atoms with Crippen LogP contribution in [0.5, 0.6) is 17.2 Å². The molecule has 106 valence electrons. The summed E-state index contributed by atoms with van der Waals surface area (Å²) in [4.78, 5) is 0. The molecule has 1 aliphatic rings. The minimum Gasteiger partial charge on any atom is -0.493 e. The van der Waals surface area contributed by atoms with Gasteiger partial charge in [0, 0.05) is 30.7 Å². The van der Waals surface area contributed by atoms with E-state index in [1.807, 2.05) is 19.1 Å². The van der Waals surface area contributed by atoms with Crippen LogP contribution in [0, 0.1) is 5.92 Å². The van der Waals surface area contributed by atoms with Crippen molar-refractivity contribution < 1.29 is 19.3 Å². The molecular weight excluding hydrogens is 246 g/mol. The van der Waals surface area contributed by atoms with E-state index in [4.69, 9.17) is 19.3 Å². The minimum atomic E-state index is 0.109. The summed E-state index contributed by atoms with van der Waals surface area (Å²) in [6, 6.07) is 3.81. The van der Waals surface area contributed by atoms with E-state index in [0.717, 1.165) is 30.2 Å². The van der Waals surface area contributed by atoms with E-state index in [-0.39, 0.29) is 19.3 Å². The molecule has 0 radical (unpaired) electrons. The molecule has 5 heteroatoms. The maximum Gasteiger partial charge on any atom is 0.231 e. The van der Waals surface area contributed by atoms with E-state index < -0.39 is 0 Å². The molecule has 0 saturated heterocycles. The van der Waals surface area contributed by atoms with Crippen LogP contribution in [0.2, 0.25) is 0 Å². The van der Waals surface area contributed by atoms with E-state index in [0.29, 0.717) is 12.4 Å². The molecule has 1 aromatic rings. The van der Waals surface area contributed by atoms with Gasteiger partial charge in [-0.2, -0.15) is 0 Å². The molecule has 0 saturated carbocycles. The van der Waals surface area contributed by atoms with Gasteiger partial charge in [0.05, 0.1) is 6.61 Å². The van der Waals surface area contributed by atoms with Gasteiger partial charge in [-0.1, -0.05) is 13.8 Å². The largest absolute Gasteiger partial charge is 0.493 e. The van der Waals surface area contributed by atoms with Gasteiger partial charge in [-0.15, -0.1) is 0 Å². The summed E-state index contributed by atoms with van der Waals surface area (Å²) in [5.41, 5.74) is 1.04.